The molecule has 1 heterocycles. The summed E-state index contributed by atoms with van der Waals surface area (Å²) in [7, 11) is -1.58. The zero-order chi connectivity index (χ0) is 14.6. The maximum atomic E-state index is 11.1. The van der Waals surface area contributed by atoms with E-state index in [1.54, 1.807) is 24.3 Å². The number of hydrogen-bond acceptors (Lipinski definition) is 3. The lowest BCUT2D eigenvalue weighted by atomic mass is 10.1. The molecule has 0 saturated carbocycles. The van der Waals surface area contributed by atoms with Crippen molar-refractivity contribution in [2.75, 3.05) is 6.54 Å². The number of primary sulfonamides is 1. The summed E-state index contributed by atoms with van der Waals surface area (Å²) >= 11 is 0. The highest BCUT2D eigenvalue weighted by molar-refractivity contribution is 7.89. The minimum atomic E-state index is -3.60. The number of benzene rings is 1. The second kappa shape index (κ2) is 7.61. The van der Waals surface area contributed by atoms with Crippen molar-refractivity contribution in [2.24, 2.45) is 12.2 Å². The Labute approximate surface area is 131 Å². The first-order chi connectivity index (χ1) is 9.47. The molecule has 1 aromatic heterocycles. The van der Waals surface area contributed by atoms with Gasteiger partial charge >= 0.3 is 0 Å². The van der Waals surface area contributed by atoms with Gasteiger partial charge in [0.15, 0.2) is 0 Å². The van der Waals surface area contributed by atoms with Crippen LogP contribution in [-0.4, -0.2) is 19.5 Å². The number of nitrogens with zero attached hydrogens (tertiary/aromatic N) is 1. The monoisotopic (exact) mass is 329 g/mol. The third kappa shape index (κ3) is 5.17. The molecule has 0 amide bonds. The van der Waals surface area contributed by atoms with Crippen molar-refractivity contribution in [1.29, 1.82) is 0 Å². The van der Waals surface area contributed by atoms with Crippen LogP contribution in [0.5, 0.6) is 0 Å². The molecule has 0 fully saturated rings. The van der Waals surface area contributed by atoms with Gasteiger partial charge in [0, 0.05) is 25.5 Å². The van der Waals surface area contributed by atoms with E-state index < -0.39 is 10.0 Å². The minimum Gasteiger partial charge on any atom is -0.353 e. The Hall–Kier alpha value is -1.34. The zero-order valence-electron chi connectivity index (χ0n) is 11.8. The molecule has 0 atom stereocenters. The van der Waals surface area contributed by atoms with Crippen LogP contribution in [0.4, 0.5) is 0 Å². The molecule has 0 saturated heterocycles. The summed E-state index contributed by atoms with van der Waals surface area (Å²) < 4.78 is 24.3. The van der Waals surface area contributed by atoms with E-state index in [-0.39, 0.29) is 17.3 Å². The SMILES string of the molecule is Cl.Cn1cccc1CNCCc1ccc(S(N)(=O)=O)cc1. The summed E-state index contributed by atoms with van der Waals surface area (Å²) in [6.45, 7) is 1.65. The second-order valence-corrected chi connectivity index (χ2v) is 6.29. The number of sulfonamides is 1. The summed E-state index contributed by atoms with van der Waals surface area (Å²) in [4.78, 5) is 0.151. The molecule has 1 aromatic carbocycles. The average Bonchev–Trinajstić information content (AvgIpc) is 2.80. The highest BCUT2D eigenvalue weighted by Gasteiger charge is 2.06. The predicted molar refractivity (Wildman–Crippen MR) is 85.9 cm³/mol. The lowest BCUT2D eigenvalue weighted by Gasteiger charge is -2.06. The smallest absolute Gasteiger partial charge is 0.238 e. The standard InChI is InChI=1S/C14H19N3O2S.ClH/c1-17-10-2-3-13(17)11-16-9-8-12-4-6-14(7-5-12)20(15,18)19;/h2-7,10,16H,8-9,11H2,1H3,(H2,15,18,19);1H. The number of nitrogens with one attached hydrogen (secondary N) is 1. The topological polar surface area (TPSA) is 77.1 Å². The number of hydrogen-bond donors (Lipinski definition) is 2. The largest absolute Gasteiger partial charge is 0.353 e. The van der Waals surface area contributed by atoms with E-state index in [4.69, 9.17) is 5.14 Å². The number of aromatic nitrogens is 1. The van der Waals surface area contributed by atoms with Crippen molar-refractivity contribution in [2.45, 2.75) is 17.9 Å². The van der Waals surface area contributed by atoms with Crippen molar-refractivity contribution in [1.82, 2.24) is 9.88 Å². The third-order valence-electron chi connectivity index (χ3n) is 3.20. The summed E-state index contributed by atoms with van der Waals surface area (Å²) in [5.74, 6) is 0. The summed E-state index contributed by atoms with van der Waals surface area (Å²) in [6, 6.07) is 10.8. The van der Waals surface area contributed by atoms with Crippen molar-refractivity contribution >= 4 is 22.4 Å². The van der Waals surface area contributed by atoms with Gasteiger partial charge in [-0.1, -0.05) is 12.1 Å². The molecule has 0 spiro atoms. The van der Waals surface area contributed by atoms with Crippen molar-refractivity contribution in [3.05, 3.63) is 53.9 Å². The molecular formula is C14H20ClN3O2S. The van der Waals surface area contributed by atoms with Gasteiger partial charge in [0.25, 0.3) is 0 Å². The van der Waals surface area contributed by atoms with E-state index in [1.165, 1.54) is 5.69 Å². The Morgan fingerprint density at radius 1 is 1.19 bits per heavy atom. The Morgan fingerprint density at radius 3 is 2.38 bits per heavy atom. The lowest BCUT2D eigenvalue weighted by molar-refractivity contribution is 0.597. The second-order valence-electron chi connectivity index (χ2n) is 4.73. The van der Waals surface area contributed by atoms with E-state index in [9.17, 15) is 8.42 Å². The Morgan fingerprint density at radius 2 is 1.86 bits per heavy atom. The molecule has 116 valence electrons. The van der Waals surface area contributed by atoms with Crippen LogP contribution in [0.25, 0.3) is 0 Å². The first-order valence-corrected chi connectivity index (χ1v) is 7.94. The van der Waals surface area contributed by atoms with Crippen LogP contribution >= 0.6 is 12.4 Å². The molecule has 21 heavy (non-hydrogen) atoms. The molecule has 0 bridgehead atoms. The van der Waals surface area contributed by atoms with E-state index in [1.807, 2.05) is 19.3 Å². The number of halogens is 1. The Balaban J connectivity index is 0.00000220. The van der Waals surface area contributed by atoms with Crippen molar-refractivity contribution < 1.29 is 8.42 Å². The molecule has 7 heteroatoms. The highest BCUT2D eigenvalue weighted by atomic mass is 35.5. The van der Waals surface area contributed by atoms with Crippen LogP contribution in [0.15, 0.2) is 47.5 Å². The third-order valence-corrected chi connectivity index (χ3v) is 4.13. The van der Waals surface area contributed by atoms with Crippen LogP contribution in [-0.2, 0) is 30.0 Å². The van der Waals surface area contributed by atoms with Gasteiger partial charge in [0.2, 0.25) is 10.0 Å². The molecule has 0 unspecified atom stereocenters. The average molecular weight is 330 g/mol. The molecule has 2 aromatic rings. The van der Waals surface area contributed by atoms with E-state index in [2.05, 4.69) is 16.0 Å². The van der Waals surface area contributed by atoms with E-state index >= 15 is 0 Å². The molecule has 2 rings (SSSR count). The van der Waals surface area contributed by atoms with Crippen molar-refractivity contribution in [3.8, 4) is 0 Å². The summed E-state index contributed by atoms with van der Waals surface area (Å²) in [6.07, 6.45) is 2.86. The molecule has 5 nitrogen and oxygen atoms in total. The van der Waals surface area contributed by atoms with Gasteiger partial charge in [-0.3, -0.25) is 0 Å². The molecular weight excluding hydrogens is 310 g/mol. The van der Waals surface area contributed by atoms with E-state index in [0.717, 1.165) is 25.1 Å². The van der Waals surface area contributed by atoms with Gasteiger partial charge in [0.1, 0.15) is 0 Å². The van der Waals surface area contributed by atoms with Crippen LogP contribution in [0.2, 0.25) is 0 Å². The maximum Gasteiger partial charge on any atom is 0.238 e. The quantitative estimate of drug-likeness (QED) is 0.787. The van der Waals surface area contributed by atoms with Crippen LogP contribution < -0.4 is 10.5 Å². The maximum absolute atomic E-state index is 11.1. The minimum absolute atomic E-state index is 0. The number of rotatable bonds is 6. The highest BCUT2D eigenvalue weighted by Crippen LogP contribution is 2.09. The molecule has 0 aliphatic rings. The van der Waals surface area contributed by atoms with Gasteiger partial charge in [-0.2, -0.15) is 0 Å². The fraction of sp³-hybridized carbons (Fsp3) is 0.286. The van der Waals surface area contributed by atoms with Crippen LogP contribution in [0.3, 0.4) is 0 Å². The van der Waals surface area contributed by atoms with Gasteiger partial charge in [-0.15, -0.1) is 12.4 Å². The van der Waals surface area contributed by atoms with E-state index in [0.29, 0.717) is 0 Å². The normalized spacial score (nSPS) is 11.1. The fourth-order valence-electron chi connectivity index (χ4n) is 1.98. The van der Waals surface area contributed by atoms with Crippen LogP contribution in [0, 0.1) is 0 Å². The predicted octanol–water partition coefficient (Wildman–Crippen LogP) is 1.43. The first kappa shape index (κ1) is 17.7. The fourth-order valence-corrected chi connectivity index (χ4v) is 2.49. The van der Waals surface area contributed by atoms with Crippen molar-refractivity contribution in [3.63, 3.8) is 0 Å². The molecule has 3 N–H and O–H groups in total. The number of nitrogens with two attached hydrogens (primary N) is 1. The Bertz CT molecular complexity index is 666. The van der Waals surface area contributed by atoms with Gasteiger partial charge in [-0.05, 0) is 42.8 Å². The van der Waals surface area contributed by atoms with Gasteiger partial charge < -0.3 is 9.88 Å². The van der Waals surface area contributed by atoms with Gasteiger partial charge in [0.05, 0.1) is 4.90 Å². The van der Waals surface area contributed by atoms with Gasteiger partial charge in [-0.25, -0.2) is 13.6 Å². The van der Waals surface area contributed by atoms with Crippen LogP contribution in [0.1, 0.15) is 11.3 Å². The molecule has 0 radical (unpaired) electrons. The molecule has 0 aliphatic heterocycles. The molecule has 0 aliphatic carbocycles. The Kier molecular flexibility index (Phi) is 6.42. The lowest BCUT2D eigenvalue weighted by Crippen LogP contribution is -2.18. The summed E-state index contributed by atoms with van der Waals surface area (Å²) in [5.41, 5.74) is 2.31. The zero-order valence-corrected chi connectivity index (χ0v) is 13.5. The first-order valence-electron chi connectivity index (χ1n) is 6.39. The number of aryl methyl sites for hydroxylation is 1. The summed E-state index contributed by atoms with van der Waals surface area (Å²) in [5, 5.41) is 8.41.